The second-order valence-electron chi connectivity index (χ2n) is 6.21. The number of hydrogen-bond donors (Lipinski definition) is 0. The van der Waals surface area contributed by atoms with Gasteiger partial charge in [-0.2, -0.15) is 4.31 Å². The molecule has 132 valence electrons. The minimum Gasteiger partial charge on any atom is -0.460 e. The lowest BCUT2D eigenvalue weighted by molar-refractivity contribution is -0.136. The fourth-order valence-electron chi connectivity index (χ4n) is 3.28. The maximum absolute atomic E-state index is 12.7. The largest absolute Gasteiger partial charge is 0.460 e. The molecule has 9 heteroatoms. The number of ether oxygens (including phenoxy) is 1. The van der Waals surface area contributed by atoms with Crippen molar-refractivity contribution in [3.63, 3.8) is 0 Å². The third-order valence-electron chi connectivity index (χ3n) is 4.48. The van der Waals surface area contributed by atoms with Gasteiger partial charge in [-0.1, -0.05) is 0 Å². The fraction of sp³-hybridized carbons (Fsp3) is 0.667. The molecule has 0 unspecified atom stereocenters. The van der Waals surface area contributed by atoms with Gasteiger partial charge in [0.1, 0.15) is 12.1 Å². The summed E-state index contributed by atoms with van der Waals surface area (Å²) in [5.41, 5.74) is 0. The van der Waals surface area contributed by atoms with Gasteiger partial charge in [-0.15, -0.1) is 0 Å². The Balaban J connectivity index is 1.55. The summed E-state index contributed by atoms with van der Waals surface area (Å²) in [5, 5.41) is 0. The van der Waals surface area contributed by atoms with E-state index in [9.17, 15) is 13.2 Å². The summed E-state index contributed by atoms with van der Waals surface area (Å²) in [6, 6.07) is 1.53. The molecule has 2 aliphatic heterocycles. The number of sulfonamides is 1. The van der Waals surface area contributed by atoms with Crippen molar-refractivity contribution >= 4 is 15.9 Å². The van der Waals surface area contributed by atoms with E-state index in [1.807, 2.05) is 0 Å². The van der Waals surface area contributed by atoms with Crippen LogP contribution in [-0.4, -0.2) is 71.5 Å². The molecular weight excluding hydrogens is 332 g/mol. The zero-order chi connectivity index (χ0) is 17.2. The van der Waals surface area contributed by atoms with Crippen molar-refractivity contribution in [2.45, 2.75) is 37.8 Å². The Hall–Kier alpha value is -1.74. The first-order chi connectivity index (χ1) is 11.4. The van der Waals surface area contributed by atoms with Crippen LogP contribution in [0.3, 0.4) is 0 Å². The maximum atomic E-state index is 12.7. The first kappa shape index (κ1) is 17.1. The van der Waals surface area contributed by atoms with Gasteiger partial charge in [-0.05, 0) is 18.9 Å². The summed E-state index contributed by atoms with van der Waals surface area (Å²) < 4.78 is 30.7. The molecule has 0 aliphatic carbocycles. The second-order valence-corrected chi connectivity index (χ2v) is 8.14. The van der Waals surface area contributed by atoms with Crippen molar-refractivity contribution in [1.29, 1.82) is 0 Å². The molecule has 2 aliphatic rings. The highest BCUT2D eigenvalue weighted by Crippen LogP contribution is 2.24. The average Bonchev–Trinajstić information content (AvgIpc) is 3.06. The van der Waals surface area contributed by atoms with Crippen molar-refractivity contribution in [3.05, 3.63) is 18.5 Å². The Kier molecular flexibility index (Phi) is 5.00. The highest BCUT2D eigenvalue weighted by molar-refractivity contribution is 7.88. The highest BCUT2D eigenvalue weighted by atomic mass is 32.2. The predicted molar refractivity (Wildman–Crippen MR) is 86.8 cm³/mol. The van der Waals surface area contributed by atoms with Crippen LogP contribution < -0.4 is 4.74 Å². The summed E-state index contributed by atoms with van der Waals surface area (Å²) in [7, 11) is -3.34. The van der Waals surface area contributed by atoms with Gasteiger partial charge < -0.3 is 9.64 Å². The molecule has 1 atom stereocenters. The number of amides is 1. The van der Waals surface area contributed by atoms with Crippen molar-refractivity contribution in [2.24, 2.45) is 0 Å². The summed E-state index contributed by atoms with van der Waals surface area (Å²) in [5.74, 6) is -0.0904. The molecule has 24 heavy (non-hydrogen) atoms. The number of hydrogen-bond acceptors (Lipinski definition) is 6. The minimum atomic E-state index is -3.34. The van der Waals surface area contributed by atoms with Crippen LogP contribution in [-0.2, 0) is 14.8 Å². The number of aromatic nitrogens is 2. The van der Waals surface area contributed by atoms with Gasteiger partial charge in [0.2, 0.25) is 15.9 Å². The number of rotatable bonds is 4. The lowest BCUT2D eigenvalue weighted by Crippen LogP contribution is -2.50. The monoisotopic (exact) mass is 354 g/mol. The van der Waals surface area contributed by atoms with Crippen LogP contribution in [0.25, 0.3) is 0 Å². The van der Waals surface area contributed by atoms with Gasteiger partial charge in [0.25, 0.3) is 0 Å². The Morgan fingerprint density at radius 1 is 1.17 bits per heavy atom. The normalized spacial score (nSPS) is 23.4. The van der Waals surface area contributed by atoms with Gasteiger partial charge in [-0.3, -0.25) is 4.79 Å². The standard InChI is InChI=1S/C15H22N4O4S/c1-24(21,22)19-9-2-4-13(19)14(20)18-10-5-12(6-11-18)23-15-16-7-3-8-17-15/h3,7-8,12-13H,2,4-6,9-11H2,1H3/t13-/m0/s1. The zero-order valence-corrected chi connectivity index (χ0v) is 14.5. The quantitative estimate of drug-likeness (QED) is 0.771. The third kappa shape index (κ3) is 3.84. The highest BCUT2D eigenvalue weighted by Gasteiger charge is 2.39. The molecule has 0 bridgehead atoms. The SMILES string of the molecule is CS(=O)(=O)N1CCC[C@H]1C(=O)N1CCC(Oc2ncccn2)CC1. The summed E-state index contributed by atoms with van der Waals surface area (Å²) in [4.78, 5) is 22.5. The van der Waals surface area contributed by atoms with Gasteiger partial charge >= 0.3 is 6.01 Å². The van der Waals surface area contributed by atoms with E-state index in [2.05, 4.69) is 9.97 Å². The molecule has 0 saturated carbocycles. The van der Waals surface area contributed by atoms with Gasteiger partial charge in [0, 0.05) is 44.9 Å². The first-order valence-electron chi connectivity index (χ1n) is 8.14. The minimum absolute atomic E-state index is 0.0222. The lowest BCUT2D eigenvalue weighted by atomic mass is 10.1. The Bertz CT molecular complexity index is 674. The van der Waals surface area contributed by atoms with Crippen LogP contribution in [0.4, 0.5) is 0 Å². The lowest BCUT2D eigenvalue weighted by Gasteiger charge is -2.34. The molecule has 0 N–H and O–H groups in total. The number of carbonyl (C=O) groups is 1. The molecular formula is C15H22N4O4S. The van der Waals surface area contributed by atoms with E-state index in [-0.39, 0.29) is 12.0 Å². The number of likely N-dealkylation sites (tertiary alicyclic amines) is 1. The van der Waals surface area contributed by atoms with Crippen molar-refractivity contribution in [3.8, 4) is 6.01 Å². The molecule has 0 aromatic carbocycles. The number of piperidine rings is 1. The fourth-order valence-corrected chi connectivity index (χ4v) is 4.40. The molecule has 2 fully saturated rings. The molecule has 3 rings (SSSR count). The predicted octanol–water partition coefficient (Wildman–Crippen LogP) is 0.270. The van der Waals surface area contributed by atoms with Crippen molar-refractivity contribution in [2.75, 3.05) is 25.9 Å². The molecule has 8 nitrogen and oxygen atoms in total. The van der Waals surface area contributed by atoms with Crippen LogP contribution in [0, 0.1) is 0 Å². The van der Waals surface area contributed by atoms with Crippen LogP contribution in [0.2, 0.25) is 0 Å². The van der Waals surface area contributed by atoms with Crippen molar-refractivity contribution < 1.29 is 17.9 Å². The Morgan fingerprint density at radius 2 is 1.83 bits per heavy atom. The second kappa shape index (κ2) is 7.02. The van der Waals surface area contributed by atoms with Gasteiger partial charge in [-0.25, -0.2) is 18.4 Å². The van der Waals surface area contributed by atoms with Crippen LogP contribution in [0.15, 0.2) is 18.5 Å². The number of nitrogens with zero attached hydrogens (tertiary/aromatic N) is 4. The van der Waals surface area contributed by atoms with Crippen LogP contribution in [0.1, 0.15) is 25.7 Å². The van der Waals surface area contributed by atoms with E-state index in [0.717, 1.165) is 6.42 Å². The summed E-state index contributed by atoms with van der Waals surface area (Å²) >= 11 is 0. The summed E-state index contributed by atoms with van der Waals surface area (Å²) in [6.45, 7) is 1.55. The topological polar surface area (TPSA) is 92.7 Å². The van der Waals surface area contributed by atoms with Gasteiger partial charge in [0.05, 0.1) is 6.26 Å². The molecule has 1 aromatic rings. The smallest absolute Gasteiger partial charge is 0.316 e. The van der Waals surface area contributed by atoms with Gasteiger partial charge in [0.15, 0.2) is 0 Å². The third-order valence-corrected chi connectivity index (χ3v) is 5.77. The first-order valence-corrected chi connectivity index (χ1v) is 9.99. The molecule has 1 aromatic heterocycles. The van der Waals surface area contributed by atoms with E-state index >= 15 is 0 Å². The van der Waals surface area contributed by atoms with E-state index in [1.54, 1.807) is 23.4 Å². The van der Waals surface area contributed by atoms with Crippen molar-refractivity contribution in [1.82, 2.24) is 19.2 Å². The molecule has 0 spiro atoms. The van der Waals surface area contributed by atoms with E-state index in [0.29, 0.717) is 44.9 Å². The van der Waals surface area contributed by atoms with E-state index in [4.69, 9.17) is 4.74 Å². The average molecular weight is 354 g/mol. The molecule has 0 radical (unpaired) electrons. The molecule has 2 saturated heterocycles. The van der Waals surface area contributed by atoms with E-state index in [1.165, 1.54) is 10.6 Å². The molecule has 1 amide bonds. The maximum Gasteiger partial charge on any atom is 0.316 e. The Morgan fingerprint density at radius 3 is 2.46 bits per heavy atom. The van der Waals surface area contributed by atoms with Crippen LogP contribution in [0.5, 0.6) is 6.01 Å². The summed E-state index contributed by atoms with van der Waals surface area (Å²) in [6.07, 6.45) is 7.10. The zero-order valence-electron chi connectivity index (χ0n) is 13.7. The molecule has 3 heterocycles. The number of carbonyl (C=O) groups excluding carboxylic acids is 1. The van der Waals surface area contributed by atoms with Crippen LogP contribution >= 0.6 is 0 Å². The Labute approximate surface area is 141 Å². The van der Waals surface area contributed by atoms with E-state index < -0.39 is 16.1 Å².